The van der Waals surface area contributed by atoms with E-state index in [2.05, 4.69) is 67.4 Å². The predicted molar refractivity (Wildman–Crippen MR) is 140 cm³/mol. The number of aromatic nitrogens is 1. The third-order valence-corrected chi connectivity index (χ3v) is 7.03. The summed E-state index contributed by atoms with van der Waals surface area (Å²) in [5, 5.41) is 1.09. The first kappa shape index (κ1) is 24.5. The number of ether oxygens (including phenoxy) is 1. The van der Waals surface area contributed by atoms with Gasteiger partial charge < -0.3 is 4.74 Å². The molecular weight excluding hydrogens is 410 g/mol. The van der Waals surface area contributed by atoms with Crippen LogP contribution in [0.5, 0.6) is 5.75 Å². The van der Waals surface area contributed by atoms with E-state index < -0.39 is 0 Å². The minimum absolute atomic E-state index is 0.804. The van der Waals surface area contributed by atoms with Crippen molar-refractivity contribution in [3.63, 3.8) is 0 Å². The highest BCUT2D eigenvalue weighted by Crippen LogP contribution is 2.33. The van der Waals surface area contributed by atoms with E-state index in [1.165, 1.54) is 85.8 Å². The topological polar surface area (TPSA) is 22.1 Å². The van der Waals surface area contributed by atoms with Crippen molar-refractivity contribution in [2.24, 2.45) is 0 Å². The van der Waals surface area contributed by atoms with Crippen LogP contribution in [-0.4, -0.2) is 11.6 Å². The minimum Gasteiger partial charge on any atom is -0.494 e. The van der Waals surface area contributed by atoms with Gasteiger partial charge in [-0.3, -0.25) is 0 Å². The molecule has 3 rings (SSSR count). The lowest BCUT2D eigenvalue weighted by Gasteiger charge is -2.06. The van der Waals surface area contributed by atoms with E-state index in [0.29, 0.717) is 0 Å². The van der Waals surface area contributed by atoms with Crippen molar-refractivity contribution in [2.45, 2.75) is 84.5 Å². The summed E-state index contributed by atoms with van der Waals surface area (Å²) in [7, 11) is 0. The lowest BCUT2D eigenvalue weighted by atomic mass is 10.0. The van der Waals surface area contributed by atoms with Crippen LogP contribution in [0.2, 0.25) is 0 Å². The van der Waals surface area contributed by atoms with Crippen molar-refractivity contribution in [1.82, 2.24) is 4.98 Å². The molecule has 0 radical (unpaired) electrons. The molecule has 3 aromatic rings. The molecular formula is C29H39NOS. The zero-order valence-electron chi connectivity index (χ0n) is 19.9. The number of hydrogen-bond acceptors (Lipinski definition) is 3. The molecule has 172 valence electrons. The molecule has 1 aromatic heterocycles. The fourth-order valence-corrected chi connectivity index (χ4v) is 4.83. The molecule has 0 N–H and O–H groups in total. The summed E-state index contributed by atoms with van der Waals surface area (Å²) in [6.45, 7) is 5.31. The fourth-order valence-electron chi connectivity index (χ4n) is 3.90. The molecule has 0 aliphatic carbocycles. The zero-order valence-corrected chi connectivity index (χ0v) is 20.8. The molecule has 0 unspecified atom stereocenters. The van der Waals surface area contributed by atoms with Crippen LogP contribution in [0, 0.1) is 0 Å². The van der Waals surface area contributed by atoms with Crippen LogP contribution in [-0.2, 0) is 6.42 Å². The fraction of sp³-hybridized carbons (Fsp3) is 0.483. The van der Waals surface area contributed by atoms with Crippen molar-refractivity contribution in [3.8, 4) is 26.8 Å². The van der Waals surface area contributed by atoms with Crippen LogP contribution in [0.25, 0.3) is 21.0 Å². The molecule has 0 fully saturated rings. The van der Waals surface area contributed by atoms with Crippen molar-refractivity contribution in [2.75, 3.05) is 6.61 Å². The average molecular weight is 450 g/mol. The second-order valence-electron chi connectivity index (χ2n) is 8.68. The van der Waals surface area contributed by atoms with E-state index in [0.717, 1.165) is 23.8 Å². The van der Waals surface area contributed by atoms with Gasteiger partial charge in [-0.05, 0) is 54.7 Å². The van der Waals surface area contributed by atoms with Gasteiger partial charge in [-0.15, -0.1) is 11.3 Å². The Kier molecular flexibility index (Phi) is 10.8. The number of thiazole rings is 1. The minimum atomic E-state index is 0.804. The van der Waals surface area contributed by atoms with Gasteiger partial charge in [0.1, 0.15) is 10.8 Å². The van der Waals surface area contributed by atoms with E-state index >= 15 is 0 Å². The Morgan fingerprint density at radius 2 is 1.31 bits per heavy atom. The maximum Gasteiger partial charge on any atom is 0.123 e. The molecule has 2 aromatic carbocycles. The van der Waals surface area contributed by atoms with Crippen LogP contribution in [0.15, 0.2) is 54.7 Å². The lowest BCUT2D eigenvalue weighted by Crippen LogP contribution is -1.96. The Balaban J connectivity index is 1.48. The summed E-state index contributed by atoms with van der Waals surface area (Å²) in [4.78, 5) is 5.88. The number of unbranched alkanes of at least 4 members (excludes halogenated alkanes) is 8. The molecule has 0 aliphatic rings. The quantitative estimate of drug-likeness (QED) is 0.216. The molecule has 0 bridgehead atoms. The van der Waals surface area contributed by atoms with Crippen molar-refractivity contribution in [3.05, 3.63) is 60.3 Å². The summed E-state index contributed by atoms with van der Waals surface area (Å²) in [6.07, 6.45) is 16.2. The van der Waals surface area contributed by atoms with E-state index in [4.69, 9.17) is 4.74 Å². The third-order valence-electron chi connectivity index (χ3n) is 5.93. The number of hydrogen-bond donors (Lipinski definition) is 0. The molecule has 3 heteroatoms. The molecule has 0 spiro atoms. The van der Waals surface area contributed by atoms with Crippen molar-refractivity contribution >= 4 is 11.3 Å². The standard InChI is InChI=1S/C29H39NOS/c1-3-5-7-9-10-11-13-24-14-16-26(17-15-24)29-30-23-28(32-29)25-18-20-27(21-19-25)31-22-12-8-6-4-2/h14-21,23H,3-13,22H2,1-2H3. The van der Waals surface area contributed by atoms with Gasteiger partial charge in [-0.1, -0.05) is 89.5 Å². The molecule has 0 amide bonds. The van der Waals surface area contributed by atoms with E-state index in [9.17, 15) is 0 Å². The Morgan fingerprint density at radius 1 is 0.688 bits per heavy atom. The van der Waals surface area contributed by atoms with Crippen molar-refractivity contribution in [1.29, 1.82) is 0 Å². The highest BCUT2D eigenvalue weighted by molar-refractivity contribution is 7.18. The summed E-state index contributed by atoms with van der Waals surface area (Å²) in [5.74, 6) is 0.955. The smallest absolute Gasteiger partial charge is 0.123 e. The van der Waals surface area contributed by atoms with Crippen LogP contribution in [0.3, 0.4) is 0 Å². The zero-order chi connectivity index (χ0) is 22.4. The molecule has 32 heavy (non-hydrogen) atoms. The van der Waals surface area contributed by atoms with Crippen LogP contribution in [0.4, 0.5) is 0 Å². The van der Waals surface area contributed by atoms with Gasteiger partial charge in [-0.2, -0.15) is 0 Å². The van der Waals surface area contributed by atoms with Crippen molar-refractivity contribution < 1.29 is 4.74 Å². The first-order valence-electron chi connectivity index (χ1n) is 12.6. The van der Waals surface area contributed by atoms with Gasteiger partial charge in [0.15, 0.2) is 0 Å². The maximum absolute atomic E-state index is 5.87. The van der Waals surface area contributed by atoms with Crippen LogP contribution in [0.1, 0.15) is 83.6 Å². The molecule has 0 atom stereocenters. The number of aryl methyl sites for hydroxylation is 1. The Morgan fingerprint density at radius 3 is 2.03 bits per heavy atom. The molecule has 0 aliphatic heterocycles. The SMILES string of the molecule is CCCCCCCCc1ccc(-c2ncc(-c3ccc(OCCCCCC)cc3)s2)cc1. The van der Waals surface area contributed by atoms with Gasteiger partial charge in [-0.25, -0.2) is 4.98 Å². The highest BCUT2D eigenvalue weighted by atomic mass is 32.1. The molecule has 0 saturated heterocycles. The van der Waals surface area contributed by atoms with E-state index in [-0.39, 0.29) is 0 Å². The summed E-state index contributed by atoms with van der Waals surface area (Å²) in [6, 6.07) is 17.4. The largest absolute Gasteiger partial charge is 0.494 e. The first-order valence-corrected chi connectivity index (χ1v) is 13.4. The van der Waals surface area contributed by atoms with Gasteiger partial charge in [0, 0.05) is 11.8 Å². The summed E-state index contributed by atoms with van der Waals surface area (Å²) < 4.78 is 5.87. The van der Waals surface area contributed by atoms with E-state index in [1.807, 2.05) is 6.20 Å². The third kappa shape index (κ3) is 8.09. The monoisotopic (exact) mass is 449 g/mol. The van der Waals surface area contributed by atoms with Gasteiger partial charge >= 0.3 is 0 Å². The van der Waals surface area contributed by atoms with E-state index in [1.54, 1.807) is 11.3 Å². The Hall–Kier alpha value is -2.13. The van der Waals surface area contributed by atoms with Gasteiger partial charge in [0.25, 0.3) is 0 Å². The Bertz CT molecular complexity index is 882. The maximum atomic E-state index is 5.87. The van der Waals surface area contributed by atoms with Gasteiger partial charge in [0.05, 0.1) is 11.5 Å². The van der Waals surface area contributed by atoms with Crippen LogP contribution >= 0.6 is 11.3 Å². The molecule has 1 heterocycles. The molecule has 2 nitrogen and oxygen atoms in total. The second-order valence-corrected chi connectivity index (χ2v) is 9.71. The second kappa shape index (κ2) is 14.1. The normalized spacial score (nSPS) is 11.1. The summed E-state index contributed by atoms with van der Waals surface area (Å²) >= 11 is 1.75. The summed E-state index contributed by atoms with van der Waals surface area (Å²) in [5.41, 5.74) is 3.85. The lowest BCUT2D eigenvalue weighted by molar-refractivity contribution is 0.305. The first-order chi connectivity index (χ1) is 15.8. The highest BCUT2D eigenvalue weighted by Gasteiger charge is 2.07. The number of nitrogens with zero attached hydrogens (tertiary/aromatic N) is 1. The van der Waals surface area contributed by atoms with Crippen LogP contribution < -0.4 is 4.74 Å². The average Bonchev–Trinajstić information content (AvgIpc) is 3.32. The predicted octanol–water partition coefficient (Wildman–Crippen LogP) is 9.34. The number of benzene rings is 2. The van der Waals surface area contributed by atoms with Gasteiger partial charge in [0.2, 0.25) is 0 Å². The molecule has 0 saturated carbocycles. The Labute approximate surface area is 199 Å². The number of rotatable bonds is 15.